The largest absolute Gasteiger partial charge is 0.397 e. The highest BCUT2D eigenvalue weighted by molar-refractivity contribution is 6.05. The number of nitrogens with one attached hydrogen (secondary N) is 1. The summed E-state index contributed by atoms with van der Waals surface area (Å²) in [4.78, 5) is 25.9. The molecule has 0 unspecified atom stereocenters. The molecule has 0 bridgehead atoms. The van der Waals surface area contributed by atoms with E-state index in [1.54, 1.807) is 48.8 Å². The van der Waals surface area contributed by atoms with E-state index in [1.165, 1.54) is 6.08 Å². The Hall–Kier alpha value is -3.93. The molecular weight excluding hydrogens is 340 g/mol. The number of anilines is 2. The summed E-state index contributed by atoms with van der Waals surface area (Å²) in [5.41, 5.74) is 13.3. The number of benzene rings is 2. The highest BCUT2D eigenvalue weighted by Crippen LogP contribution is 2.17. The van der Waals surface area contributed by atoms with Crippen LogP contribution in [0.4, 0.5) is 11.4 Å². The standard InChI is InChI=1S/C13H12N2O.C8H8N2O/c14-11-8-4-5-9-12(11)15-13(16)10-6-2-1-3-7-10;9-8(11)4-3-7-2-1-5-10-6-7/h1-9H,14H2,(H,15,16);1-6H,(H2,9,11). The SMILES string of the molecule is NC(=O)C=Cc1cccnc1.Nc1ccccc1NC(=O)c1ccccc1. The second-order valence-electron chi connectivity index (χ2n) is 5.43. The Morgan fingerprint density at radius 1 is 0.926 bits per heavy atom. The molecule has 0 saturated heterocycles. The van der Waals surface area contributed by atoms with E-state index in [0.29, 0.717) is 16.9 Å². The maximum atomic E-state index is 11.8. The first-order valence-corrected chi connectivity index (χ1v) is 8.14. The molecule has 6 heteroatoms. The number of amides is 2. The predicted octanol–water partition coefficient (Wildman–Crippen LogP) is 3.10. The number of para-hydroxylation sites is 2. The molecule has 5 N–H and O–H groups in total. The summed E-state index contributed by atoms with van der Waals surface area (Å²) in [6, 6.07) is 19.8. The van der Waals surface area contributed by atoms with Gasteiger partial charge in [-0.25, -0.2) is 0 Å². The number of rotatable bonds is 4. The molecule has 0 radical (unpaired) electrons. The Balaban J connectivity index is 0.000000208. The quantitative estimate of drug-likeness (QED) is 0.490. The minimum absolute atomic E-state index is 0.154. The lowest BCUT2D eigenvalue weighted by atomic mass is 10.2. The van der Waals surface area contributed by atoms with Gasteiger partial charge in [0.05, 0.1) is 11.4 Å². The molecule has 3 rings (SSSR count). The van der Waals surface area contributed by atoms with Gasteiger partial charge >= 0.3 is 0 Å². The lowest BCUT2D eigenvalue weighted by molar-refractivity contribution is -0.113. The second-order valence-corrected chi connectivity index (χ2v) is 5.43. The number of nitrogen functional groups attached to an aromatic ring is 1. The lowest BCUT2D eigenvalue weighted by Gasteiger charge is -2.07. The highest BCUT2D eigenvalue weighted by Gasteiger charge is 2.06. The van der Waals surface area contributed by atoms with Crippen molar-refractivity contribution in [2.45, 2.75) is 0 Å². The molecule has 27 heavy (non-hydrogen) atoms. The van der Waals surface area contributed by atoms with Gasteiger partial charge < -0.3 is 16.8 Å². The van der Waals surface area contributed by atoms with Crippen LogP contribution < -0.4 is 16.8 Å². The Kier molecular flexibility index (Phi) is 7.29. The van der Waals surface area contributed by atoms with Crippen molar-refractivity contribution in [3.05, 3.63) is 96.3 Å². The molecule has 0 aliphatic carbocycles. The number of hydrogen-bond donors (Lipinski definition) is 3. The van der Waals surface area contributed by atoms with Crippen molar-refractivity contribution in [2.24, 2.45) is 5.73 Å². The van der Waals surface area contributed by atoms with Gasteiger partial charge in [0.25, 0.3) is 5.91 Å². The third-order valence-corrected chi connectivity index (χ3v) is 3.37. The van der Waals surface area contributed by atoms with E-state index in [4.69, 9.17) is 11.5 Å². The minimum atomic E-state index is -0.450. The van der Waals surface area contributed by atoms with Gasteiger partial charge in [0.1, 0.15) is 0 Å². The molecule has 2 aromatic carbocycles. The minimum Gasteiger partial charge on any atom is -0.397 e. The average molecular weight is 360 g/mol. The number of carbonyl (C=O) groups excluding carboxylic acids is 2. The summed E-state index contributed by atoms with van der Waals surface area (Å²) in [5, 5.41) is 2.76. The number of pyridine rings is 1. The Morgan fingerprint density at radius 2 is 1.63 bits per heavy atom. The predicted molar refractivity (Wildman–Crippen MR) is 108 cm³/mol. The zero-order valence-corrected chi connectivity index (χ0v) is 14.6. The Labute approximate surface area is 157 Å². The van der Waals surface area contributed by atoms with Crippen LogP contribution in [0.25, 0.3) is 6.08 Å². The zero-order valence-electron chi connectivity index (χ0n) is 14.6. The number of primary amides is 1. The first kappa shape index (κ1) is 19.4. The fraction of sp³-hybridized carbons (Fsp3) is 0. The second kappa shape index (κ2) is 10.1. The van der Waals surface area contributed by atoms with Crippen LogP contribution in [0.1, 0.15) is 15.9 Å². The van der Waals surface area contributed by atoms with Crippen LogP contribution in [0.5, 0.6) is 0 Å². The van der Waals surface area contributed by atoms with Crippen molar-refractivity contribution < 1.29 is 9.59 Å². The molecule has 1 heterocycles. The molecule has 0 aliphatic heterocycles. The highest BCUT2D eigenvalue weighted by atomic mass is 16.2. The normalized spacial score (nSPS) is 9.93. The summed E-state index contributed by atoms with van der Waals surface area (Å²) in [7, 11) is 0. The fourth-order valence-electron chi connectivity index (χ4n) is 2.05. The van der Waals surface area contributed by atoms with Crippen LogP contribution >= 0.6 is 0 Å². The third-order valence-electron chi connectivity index (χ3n) is 3.37. The lowest BCUT2D eigenvalue weighted by Crippen LogP contribution is -2.12. The van der Waals surface area contributed by atoms with Crippen molar-refractivity contribution in [1.29, 1.82) is 0 Å². The van der Waals surface area contributed by atoms with Crippen LogP contribution in [-0.2, 0) is 4.79 Å². The van der Waals surface area contributed by atoms with Gasteiger partial charge in [-0.15, -0.1) is 0 Å². The molecule has 136 valence electrons. The molecule has 3 aromatic rings. The van der Waals surface area contributed by atoms with Crippen LogP contribution in [0.15, 0.2) is 85.2 Å². The van der Waals surface area contributed by atoms with E-state index in [0.717, 1.165) is 5.56 Å². The summed E-state index contributed by atoms with van der Waals surface area (Å²) in [6.45, 7) is 0. The molecule has 0 aliphatic rings. The maximum Gasteiger partial charge on any atom is 0.255 e. The van der Waals surface area contributed by atoms with Crippen molar-refractivity contribution in [3.63, 3.8) is 0 Å². The third kappa shape index (κ3) is 6.83. The zero-order chi connectivity index (χ0) is 19.5. The Morgan fingerprint density at radius 3 is 2.26 bits per heavy atom. The fourth-order valence-corrected chi connectivity index (χ4v) is 2.05. The molecule has 1 aromatic heterocycles. The first-order chi connectivity index (χ1) is 13.1. The van der Waals surface area contributed by atoms with E-state index in [-0.39, 0.29) is 5.91 Å². The number of hydrogen-bond acceptors (Lipinski definition) is 4. The molecular formula is C21H20N4O2. The van der Waals surface area contributed by atoms with Crippen LogP contribution in [0.2, 0.25) is 0 Å². The molecule has 0 atom stereocenters. The number of aromatic nitrogens is 1. The van der Waals surface area contributed by atoms with Crippen molar-refractivity contribution >= 4 is 29.3 Å². The van der Waals surface area contributed by atoms with Gasteiger partial charge in [-0.2, -0.15) is 0 Å². The van der Waals surface area contributed by atoms with Gasteiger partial charge in [-0.3, -0.25) is 14.6 Å². The van der Waals surface area contributed by atoms with E-state index in [9.17, 15) is 9.59 Å². The van der Waals surface area contributed by atoms with E-state index in [1.807, 2.05) is 36.4 Å². The summed E-state index contributed by atoms with van der Waals surface area (Å²) >= 11 is 0. The van der Waals surface area contributed by atoms with Crippen LogP contribution in [0, 0.1) is 0 Å². The molecule has 6 nitrogen and oxygen atoms in total. The van der Waals surface area contributed by atoms with Crippen LogP contribution in [-0.4, -0.2) is 16.8 Å². The maximum absolute atomic E-state index is 11.8. The molecule has 0 fully saturated rings. The van der Waals surface area contributed by atoms with Crippen molar-refractivity contribution in [3.8, 4) is 0 Å². The number of nitrogens with two attached hydrogens (primary N) is 2. The van der Waals surface area contributed by atoms with Gasteiger partial charge in [-0.1, -0.05) is 36.4 Å². The van der Waals surface area contributed by atoms with Gasteiger partial charge in [0, 0.05) is 24.0 Å². The topological polar surface area (TPSA) is 111 Å². The average Bonchev–Trinajstić information content (AvgIpc) is 2.70. The van der Waals surface area contributed by atoms with E-state index in [2.05, 4.69) is 10.3 Å². The first-order valence-electron chi connectivity index (χ1n) is 8.14. The number of carbonyl (C=O) groups is 2. The van der Waals surface area contributed by atoms with Gasteiger partial charge in [0.2, 0.25) is 5.91 Å². The summed E-state index contributed by atoms with van der Waals surface area (Å²) in [6.07, 6.45) is 6.24. The van der Waals surface area contributed by atoms with E-state index >= 15 is 0 Å². The summed E-state index contributed by atoms with van der Waals surface area (Å²) < 4.78 is 0. The van der Waals surface area contributed by atoms with Crippen molar-refractivity contribution in [2.75, 3.05) is 11.1 Å². The molecule has 0 spiro atoms. The van der Waals surface area contributed by atoms with Gasteiger partial charge in [-0.05, 0) is 42.0 Å². The van der Waals surface area contributed by atoms with E-state index < -0.39 is 5.91 Å². The van der Waals surface area contributed by atoms with Gasteiger partial charge in [0.15, 0.2) is 0 Å². The Bertz CT molecular complexity index is 910. The monoisotopic (exact) mass is 360 g/mol. The molecule has 0 saturated carbocycles. The molecule has 2 amide bonds. The number of nitrogens with zero attached hydrogens (tertiary/aromatic N) is 1. The van der Waals surface area contributed by atoms with Crippen molar-refractivity contribution in [1.82, 2.24) is 4.98 Å². The smallest absolute Gasteiger partial charge is 0.255 e. The summed E-state index contributed by atoms with van der Waals surface area (Å²) in [5.74, 6) is -0.604. The van der Waals surface area contributed by atoms with Crippen LogP contribution in [0.3, 0.4) is 0 Å².